The summed E-state index contributed by atoms with van der Waals surface area (Å²) >= 11 is 18.9. The van der Waals surface area contributed by atoms with E-state index in [-0.39, 0.29) is 32.6 Å². The second kappa shape index (κ2) is 9.65. The maximum atomic E-state index is 12.5. The smallest absolute Gasteiger partial charge is 0.255 e. The Balaban J connectivity index is 1.59. The number of hydrogen-bond donors (Lipinski definition) is 2. The van der Waals surface area contributed by atoms with Crippen LogP contribution >= 0.6 is 34.8 Å². The summed E-state index contributed by atoms with van der Waals surface area (Å²) in [5.74, 6) is 0.790. The van der Waals surface area contributed by atoms with Gasteiger partial charge < -0.3 is 20.3 Å². The molecule has 1 aliphatic rings. The molecule has 1 aromatic carbocycles. The van der Waals surface area contributed by atoms with Gasteiger partial charge in [0.25, 0.3) is 5.91 Å². The van der Waals surface area contributed by atoms with Crippen molar-refractivity contribution in [2.24, 2.45) is 0 Å². The lowest BCUT2D eigenvalue weighted by Gasteiger charge is -2.27. The number of anilines is 4. The van der Waals surface area contributed by atoms with Gasteiger partial charge in [-0.1, -0.05) is 53.0 Å². The zero-order valence-electron chi connectivity index (χ0n) is 16.1. The second-order valence-electron chi connectivity index (χ2n) is 6.56. The van der Waals surface area contributed by atoms with Crippen LogP contribution in [0.15, 0.2) is 42.6 Å². The number of pyridine rings is 1. The molecule has 0 aliphatic carbocycles. The summed E-state index contributed by atoms with van der Waals surface area (Å²) in [6.07, 6.45) is 1.39. The quantitative estimate of drug-likeness (QED) is 0.514. The number of carbonyl (C=O) groups is 1. The van der Waals surface area contributed by atoms with Gasteiger partial charge in [0.2, 0.25) is 5.95 Å². The topological polar surface area (TPSA) is 92.3 Å². The molecule has 0 atom stereocenters. The fourth-order valence-electron chi connectivity index (χ4n) is 2.94. The largest absolute Gasteiger partial charge is 0.378 e. The van der Waals surface area contributed by atoms with Gasteiger partial charge in [-0.25, -0.2) is 9.97 Å². The van der Waals surface area contributed by atoms with E-state index in [1.165, 1.54) is 6.20 Å². The molecule has 2 aromatic heterocycles. The first-order valence-corrected chi connectivity index (χ1v) is 10.5. The molecule has 2 N–H and O–H groups in total. The Morgan fingerprint density at radius 3 is 2.55 bits per heavy atom. The minimum Gasteiger partial charge on any atom is -0.378 e. The number of hydrogen-bond acceptors (Lipinski definition) is 7. The van der Waals surface area contributed by atoms with Gasteiger partial charge in [0.05, 0.1) is 30.1 Å². The van der Waals surface area contributed by atoms with Crippen molar-refractivity contribution in [2.75, 3.05) is 41.8 Å². The molecule has 0 radical (unpaired) electrons. The van der Waals surface area contributed by atoms with Crippen molar-refractivity contribution in [1.82, 2.24) is 15.0 Å². The molecule has 0 unspecified atom stereocenters. The number of halogens is 3. The molecule has 1 aliphatic heterocycles. The first kappa shape index (κ1) is 21.6. The molecule has 8 nitrogen and oxygen atoms in total. The van der Waals surface area contributed by atoms with Crippen LogP contribution in [-0.2, 0) is 4.74 Å². The third kappa shape index (κ3) is 5.16. The van der Waals surface area contributed by atoms with Gasteiger partial charge in [-0.2, -0.15) is 4.98 Å². The van der Waals surface area contributed by atoms with Crippen molar-refractivity contribution in [2.45, 2.75) is 0 Å². The van der Waals surface area contributed by atoms with E-state index in [2.05, 4.69) is 25.6 Å². The van der Waals surface area contributed by atoms with Crippen LogP contribution in [0.4, 0.5) is 23.3 Å². The third-order valence-corrected chi connectivity index (χ3v) is 5.32. The highest BCUT2D eigenvalue weighted by atomic mass is 35.5. The van der Waals surface area contributed by atoms with Crippen LogP contribution in [0.5, 0.6) is 0 Å². The molecule has 3 heterocycles. The highest BCUT2D eigenvalue weighted by Crippen LogP contribution is 2.36. The Hall–Kier alpha value is -2.65. The first-order valence-electron chi connectivity index (χ1n) is 9.36. The Bertz CT molecular complexity index is 1090. The van der Waals surface area contributed by atoms with E-state index < -0.39 is 0 Å². The molecular formula is C20H17Cl3N6O2. The number of nitrogens with zero attached hydrogens (tertiary/aromatic N) is 4. The van der Waals surface area contributed by atoms with Gasteiger partial charge in [-0.3, -0.25) is 4.79 Å². The van der Waals surface area contributed by atoms with Crippen molar-refractivity contribution >= 4 is 64.0 Å². The minimum atomic E-state index is -0.346. The molecule has 1 saturated heterocycles. The van der Waals surface area contributed by atoms with Crippen LogP contribution in [0, 0.1) is 0 Å². The minimum absolute atomic E-state index is 0.138. The van der Waals surface area contributed by atoms with Crippen molar-refractivity contribution in [3.05, 3.63) is 63.4 Å². The molecule has 3 aromatic rings. The number of nitrogens with one attached hydrogen (secondary N) is 2. The standard InChI is InChI=1S/C20H17Cl3N6O2/c21-13-11-24-18(16(23)17(13)28-19(30)12-4-2-1-3-5-12)26-15-10-14(22)25-20(27-15)29-6-8-31-9-7-29/h1-5,10-11H,6-9H2,(H2,24,25,26,27,28,30). The zero-order valence-corrected chi connectivity index (χ0v) is 18.4. The Labute approximate surface area is 193 Å². The summed E-state index contributed by atoms with van der Waals surface area (Å²) in [4.78, 5) is 27.5. The monoisotopic (exact) mass is 478 g/mol. The van der Waals surface area contributed by atoms with Gasteiger partial charge in [-0.15, -0.1) is 0 Å². The molecule has 4 rings (SSSR count). The second-order valence-corrected chi connectivity index (χ2v) is 7.74. The predicted octanol–water partition coefficient (Wildman–Crippen LogP) is 4.66. The Morgan fingerprint density at radius 1 is 1.06 bits per heavy atom. The van der Waals surface area contributed by atoms with Gasteiger partial charge in [0.1, 0.15) is 16.0 Å². The molecule has 31 heavy (non-hydrogen) atoms. The van der Waals surface area contributed by atoms with Crippen LogP contribution in [0.2, 0.25) is 15.2 Å². The summed E-state index contributed by atoms with van der Waals surface area (Å²) in [7, 11) is 0. The van der Waals surface area contributed by atoms with E-state index in [0.29, 0.717) is 43.6 Å². The summed E-state index contributed by atoms with van der Waals surface area (Å²) in [6, 6.07) is 10.3. The van der Waals surface area contributed by atoms with E-state index >= 15 is 0 Å². The fraction of sp³-hybridized carbons (Fsp3) is 0.200. The van der Waals surface area contributed by atoms with E-state index in [1.54, 1.807) is 30.3 Å². The van der Waals surface area contributed by atoms with E-state index in [4.69, 9.17) is 39.5 Å². The number of ether oxygens (including phenoxy) is 1. The Morgan fingerprint density at radius 2 is 1.81 bits per heavy atom. The average molecular weight is 480 g/mol. The molecule has 0 bridgehead atoms. The highest BCUT2D eigenvalue weighted by Gasteiger charge is 2.19. The van der Waals surface area contributed by atoms with Crippen molar-refractivity contribution in [3.63, 3.8) is 0 Å². The van der Waals surface area contributed by atoms with E-state index in [9.17, 15) is 4.79 Å². The SMILES string of the molecule is O=C(Nc1c(Cl)cnc(Nc2cc(Cl)nc(N3CCOCC3)n2)c1Cl)c1ccccc1. The molecule has 0 spiro atoms. The van der Waals surface area contributed by atoms with Crippen LogP contribution in [-0.4, -0.2) is 47.2 Å². The lowest BCUT2D eigenvalue weighted by atomic mass is 10.2. The first-order chi connectivity index (χ1) is 15.0. The maximum absolute atomic E-state index is 12.5. The number of benzene rings is 1. The van der Waals surface area contributed by atoms with Gasteiger partial charge >= 0.3 is 0 Å². The molecule has 160 valence electrons. The van der Waals surface area contributed by atoms with Crippen LogP contribution in [0.25, 0.3) is 0 Å². The molecule has 1 fully saturated rings. The Kier molecular flexibility index (Phi) is 6.72. The summed E-state index contributed by atoms with van der Waals surface area (Å²) in [5.41, 5.74) is 0.710. The summed E-state index contributed by atoms with van der Waals surface area (Å²) in [6.45, 7) is 2.51. The number of rotatable bonds is 5. The van der Waals surface area contributed by atoms with E-state index in [1.807, 2.05) is 11.0 Å². The van der Waals surface area contributed by atoms with Gasteiger partial charge in [0, 0.05) is 24.7 Å². The highest BCUT2D eigenvalue weighted by molar-refractivity contribution is 6.41. The lowest BCUT2D eigenvalue weighted by Crippen LogP contribution is -2.37. The van der Waals surface area contributed by atoms with Crippen molar-refractivity contribution in [3.8, 4) is 0 Å². The van der Waals surface area contributed by atoms with Crippen LogP contribution < -0.4 is 15.5 Å². The fourth-order valence-corrected chi connectivity index (χ4v) is 3.60. The summed E-state index contributed by atoms with van der Waals surface area (Å²) < 4.78 is 5.36. The van der Waals surface area contributed by atoms with Gasteiger partial charge in [0.15, 0.2) is 5.82 Å². The number of carbonyl (C=O) groups excluding carboxylic acids is 1. The van der Waals surface area contributed by atoms with E-state index in [0.717, 1.165) is 0 Å². The number of morpholine rings is 1. The molecule has 11 heteroatoms. The molecule has 0 saturated carbocycles. The lowest BCUT2D eigenvalue weighted by molar-refractivity contribution is 0.102. The van der Waals surface area contributed by atoms with Gasteiger partial charge in [-0.05, 0) is 12.1 Å². The predicted molar refractivity (Wildman–Crippen MR) is 122 cm³/mol. The zero-order chi connectivity index (χ0) is 21.8. The number of aromatic nitrogens is 3. The van der Waals surface area contributed by atoms with Crippen molar-refractivity contribution < 1.29 is 9.53 Å². The summed E-state index contributed by atoms with van der Waals surface area (Å²) in [5, 5.41) is 6.37. The third-order valence-electron chi connectivity index (χ3n) is 4.47. The normalized spacial score (nSPS) is 13.7. The number of amides is 1. The van der Waals surface area contributed by atoms with Crippen LogP contribution in [0.3, 0.4) is 0 Å². The van der Waals surface area contributed by atoms with Crippen molar-refractivity contribution in [1.29, 1.82) is 0 Å². The molecular weight excluding hydrogens is 463 g/mol. The molecule has 1 amide bonds. The average Bonchev–Trinajstić information content (AvgIpc) is 2.79. The maximum Gasteiger partial charge on any atom is 0.255 e. The van der Waals surface area contributed by atoms with Crippen LogP contribution in [0.1, 0.15) is 10.4 Å².